The topological polar surface area (TPSA) is 112 Å². The van der Waals surface area contributed by atoms with E-state index in [2.05, 4.69) is 25.0 Å². The smallest absolute Gasteiger partial charge is 0.269 e. The van der Waals surface area contributed by atoms with Gasteiger partial charge in [-0.3, -0.25) is 14.5 Å². The molecule has 1 atom stereocenters. The maximum Gasteiger partial charge on any atom is 0.269 e. The number of nitrogens with two attached hydrogens (primary N) is 1. The number of aryl methyl sites for hydroxylation is 1. The molecule has 1 amide bonds. The van der Waals surface area contributed by atoms with Crippen LogP contribution in [-0.2, 0) is 0 Å². The average molecular weight is 355 g/mol. The van der Waals surface area contributed by atoms with Gasteiger partial charge >= 0.3 is 0 Å². The van der Waals surface area contributed by atoms with Crippen molar-refractivity contribution >= 4 is 17.7 Å². The molecule has 3 rings (SSSR count). The number of carbonyl (C=O) groups is 1. The van der Waals surface area contributed by atoms with E-state index in [1.807, 2.05) is 32.5 Å². The number of thioether (sulfide) groups is 1. The Hall–Kier alpha value is -2.81. The summed E-state index contributed by atoms with van der Waals surface area (Å²) in [6, 6.07) is -0.0710. The van der Waals surface area contributed by atoms with Crippen LogP contribution in [0.5, 0.6) is 0 Å². The van der Waals surface area contributed by atoms with E-state index in [0.29, 0.717) is 11.3 Å². The minimum Gasteiger partial charge on any atom is -0.364 e. The van der Waals surface area contributed by atoms with Crippen molar-refractivity contribution in [2.75, 3.05) is 6.26 Å². The fourth-order valence-corrected chi connectivity index (χ4v) is 2.89. The number of rotatable bonds is 5. The molecular formula is C16H17N7OS. The molecule has 2 N–H and O–H groups in total. The second-order valence-corrected chi connectivity index (χ2v) is 6.17. The van der Waals surface area contributed by atoms with Gasteiger partial charge in [0.2, 0.25) is 0 Å². The Morgan fingerprint density at radius 2 is 2.00 bits per heavy atom. The zero-order valence-electron chi connectivity index (χ0n) is 14.0. The molecule has 0 aromatic carbocycles. The Labute approximate surface area is 148 Å². The molecule has 3 aromatic rings. The third kappa shape index (κ3) is 3.36. The normalized spacial score (nSPS) is 12.1. The molecule has 25 heavy (non-hydrogen) atoms. The maximum atomic E-state index is 11.5. The van der Waals surface area contributed by atoms with E-state index in [9.17, 15) is 4.79 Å². The van der Waals surface area contributed by atoms with Gasteiger partial charge in [-0.2, -0.15) is 5.10 Å². The first kappa shape index (κ1) is 17.0. The van der Waals surface area contributed by atoms with Crippen LogP contribution in [0.1, 0.15) is 34.7 Å². The molecule has 0 saturated carbocycles. The molecule has 8 nitrogen and oxygen atoms in total. The number of aromatic nitrogens is 6. The highest BCUT2D eigenvalue weighted by molar-refractivity contribution is 7.98. The Morgan fingerprint density at radius 3 is 2.68 bits per heavy atom. The van der Waals surface area contributed by atoms with E-state index in [-0.39, 0.29) is 11.7 Å². The zero-order chi connectivity index (χ0) is 18.0. The lowest BCUT2D eigenvalue weighted by atomic mass is 10.1. The molecule has 128 valence electrons. The van der Waals surface area contributed by atoms with Gasteiger partial charge in [0, 0.05) is 41.6 Å². The minimum absolute atomic E-state index is 0.0710. The highest BCUT2D eigenvalue weighted by Crippen LogP contribution is 2.24. The van der Waals surface area contributed by atoms with Gasteiger partial charge in [-0.05, 0) is 20.1 Å². The summed E-state index contributed by atoms with van der Waals surface area (Å²) in [6.07, 6.45) is 10.2. The predicted molar refractivity (Wildman–Crippen MR) is 94.1 cm³/mol. The van der Waals surface area contributed by atoms with Crippen molar-refractivity contribution in [1.29, 1.82) is 0 Å². The molecule has 0 radical (unpaired) electrons. The third-order valence-corrected chi connectivity index (χ3v) is 4.39. The largest absolute Gasteiger partial charge is 0.364 e. The van der Waals surface area contributed by atoms with Crippen molar-refractivity contribution in [2.45, 2.75) is 25.0 Å². The third-order valence-electron chi connectivity index (χ3n) is 3.83. The summed E-state index contributed by atoms with van der Waals surface area (Å²) < 4.78 is 1.78. The van der Waals surface area contributed by atoms with E-state index >= 15 is 0 Å². The van der Waals surface area contributed by atoms with E-state index < -0.39 is 5.91 Å². The lowest BCUT2D eigenvalue weighted by Crippen LogP contribution is -2.15. The minimum atomic E-state index is -0.624. The van der Waals surface area contributed by atoms with Crippen LogP contribution in [0.2, 0.25) is 0 Å². The molecule has 0 aliphatic rings. The standard InChI is InChI=1S/C16H17N7OS/c1-9-12(7-20-16(22-9)25-3)10(2)23-8-11(6-21-23)13-14(15(17)24)19-5-4-18-13/h4-8,10H,1-3H3,(H2,17,24). The first-order valence-corrected chi connectivity index (χ1v) is 8.76. The van der Waals surface area contributed by atoms with Crippen molar-refractivity contribution in [3.63, 3.8) is 0 Å². The average Bonchev–Trinajstić information content (AvgIpc) is 3.11. The zero-order valence-corrected chi connectivity index (χ0v) is 14.9. The fraction of sp³-hybridized carbons (Fsp3) is 0.250. The van der Waals surface area contributed by atoms with Crippen molar-refractivity contribution in [3.05, 3.63) is 47.9 Å². The first-order chi connectivity index (χ1) is 12.0. The van der Waals surface area contributed by atoms with Gasteiger partial charge in [0.1, 0.15) is 5.69 Å². The number of nitrogens with zero attached hydrogens (tertiary/aromatic N) is 6. The molecule has 0 aliphatic heterocycles. The van der Waals surface area contributed by atoms with Gasteiger partial charge in [0.25, 0.3) is 5.91 Å². The van der Waals surface area contributed by atoms with Crippen LogP contribution in [0.15, 0.2) is 36.1 Å². The van der Waals surface area contributed by atoms with Gasteiger partial charge in [0.05, 0.1) is 12.2 Å². The number of hydrogen-bond donors (Lipinski definition) is 1. The second-order valence-electron chi connectivity index (χ2n) is 5.40. The predicted octanol–water partition coefficient (Wildman–Crippen LogP) is 1.87. The molecule has 0 spiro atoms. The van der Waals surface area contributed by atoms with Gasteiger partial charge in [-0.15, -0.1) is 0 Å². The van der Waals surface area contributed by atoms with Crippen molar-refractivity contribution in [1.82, 2.24) is 29.7 Å². The molecule has 3 heterocycles. The number of hydrogen-bond acceptors (Lipinski definition) is 7. The number of amides is 1. The summed E-state index contributed by atoms with van der Waals surface area (Å²) in [5, 5.41) is 5.13. The molecule has 3 aromatic heterocycles. The Morgan fingerprint density at radius 1 is 1.24 bits per heavy atom. The second kappa shape index (κ2) is 6.98. The summed E-state index contributed by atoms with van der Waals surface area (Å²) >= 11 is 1.50. The van der Waals surface area contributed by atoms with Gasteiger partial charge in [-0.25, -0.2) is 15.0 Å². The van der Waals surface area contributed by atoms with Crippen LogP contribution < -0.4 is 5.73 Å². The number of carbonyl (C=O) groups excluding carboxylic acids is 1. The summed E-state index contributed by atoms with van der Waals surface area (Å²) in [5.41, 5.74) is 8.46. The Kier molecular flexibility index (Phi) is 4.75. The van der Waals surface area contributed by atoms with Gasteiger partial charge < -0.3 is 5.73 Å². The monoisotopic (exact) mass is 355 g/mol. The highest BCUT2D eigenvalue weighted by atomic mass is 32.2. The quantitative estimate of drug-likeness (QED) is 0.549. The molecule has 0 saturated heterocycles. The summed E-state index contributed by atoms with van der Waals surface area (Å²) in [7, 11) is 0. The lowest BCUT2D eigenvalue weighted by molar-refractivity contribution is 0.0996. The molecule has 1 unspecified atom stereocenters. The highest BCUT2D eigenvalue weighted by Gasteiger charge is 2.18. The Bertz CT molecular complexity index is 924. The van der Waals surface area contributed by atoms with Gasteiger partial charge in [0.15, 0.2) is 10.9 Å². The molecule has 0 fully saturated rings. The lowest BCUT2D eigenvalue weighted by Gasteiger charge is -2.14. The van der Waals surface area contributed by atoms with E-state index in [0.717, 1.165) is 16.4 Å². The summed E-state index contributed by atoms with van der Waals surface area (Å²) in [5.74, 6) is -0.624. The fourth-order valence-electron chi connectivity index (χ4n) is 2.51. The van der Waals surface area contributed by atoms with E-state index in [4.69, 9.17) is 5.73 Å². The molecule has 0 bridgehead atoms. The SMILES string of the molecule is CSc1ncc(C(C)n2cc(-c3nccnc3C(N)=O)cn2)c(C)n1. The first-order valence-electron chi connectivity index (χ1n) is 7.54. The molecular weight excluding hydrogens is 338 g/mol. The molecule has 0 aliphatic carbocycles. The van der Waals surface area contributed by atoms with Gasteiger partial charge in [-0.1, -0.05) is 11.8 Å². The number of primary amides is 1. The van der Waals surface area contributed by atoms with Crippen LogP contribution >= 0.6 is 11.8 Å². The summed E-state index contributed by atoms with van der Waals surface area (Å²) in [4.78, 5) is 28.6. The van der Waals surface area contributed by atoms with Crippen molar-refractivity contribution < 1.29 is 4.79 Å². The van der Waals surface area contributed by atoms with Crippen molar-refractivity contribution in [3.8, 4) is 11.3 Å². The van der Waals surface area contributed by atoms with Crippen molar-refractivity contribution in [2.24, 2.45) is 5.73 Å². The van der Waals surface area contributed by atoms with Crippen LogP contribution in [0.3, 0.4) is 0 Å². The molecule has 9 heteroatoms. The van der Waals surface area contributed by atoms with Crippen LogP contribution in [-0.4, -0.2) is 41.9 Å². The van der Waals surface area contributed by atoms with E-state index in [1.165, 1.54) is 24.2 Å². The maximum absolute atomic E-state index is 11.5. The Balaban J connectivity index is 1.95. The van der Waals surface area contributed by atoms with Crippen LogP contribution in [0.4, 0.5) is 0 Å². The van der Waals surface area contributed by atoms with E-state index in [1.54, 1.807) is 10.9 Å². The van der Waals surface area contributed by atoms with Crippen LogP contribution in [0.25, 0.3) is 11.3 Å². The summed E-state index contributed by atoms with van der Waals surface area (Å²) in [6.45, 7) is 3.96. The van der Waals surface area contributed by atoms with Crippen LogP contribution in [0, 0.1) is 6.92 Å².